The first-order valence-corrected chi connectivity index (χ1v) is 6.39. The summed E-state index contributed by atoms with van der Waals surface area (Å²) in [4.78, 5) is 23.1. The van der Waals surface area contributed by atoms with Crippen LogP contribution >= 0.6 is 0 Å². The van der Waals surface area contributed by atoms with Gasteiger partial charge in [-0.3, -0.25) is 9.59 Å². The highest BCUT2D eigenvalue weighted by atomic mass is 16.5. The van der Waals surface area contributed by atoms with Crippen molar-refractivity contribution < 1.29 is 14.3 Å². The molecule has 1 rings (SSSR count). The van der Waals surface area contributed by atoms with Crippen LogP contribution < -0.4 is 5.32 Å². The zero-order chi connectivity index (χ0) is 14.3. The Balaban J connectivity index is 2.47. The van der Waals surface area contributed by atoms with Crippen molar-refractivity contribution in [2.75, 3.05) is 13.7 Å². The lowest BCUT2D eigenvalue weighted by molar-refractivity contribution is -0.140. The normalized spacial score (nSPS) is 10.9. The number of benzene rings is 1. The van der Waals surface area contributed by atoms with E-state index in [-0.39, 0.29) is 11.9 Å². The molecule has 1 aromatic carbocycles. The summed E-state index contributed by atoms with van der Waals surface area (Å²) in [6.07, 6.45) is 0.909. The molecule has 0 radical (unpaired) electrons. The number of rotatable bonds is 6. The second-order valence-electron chi connectivity index (χ2n) is 4.93. The average Bonchev–Trinajstić information content (AvgIpc) is 2.43. The van der Waals surface area contributed by atoms with Crippen LogP contribution in [0.5, 0.6) is 0 Å². The molecule has 104 valence electrons. The fourth-order valence-electron chi connectivity index (χ4n) is 1.74. The van der Waals surface area contributed by atoms with E-state index in [0.717, 1.165) is 5.56 Å². The van der Waals surface area contributed by atoms with Gasteiger partial charge >= 0.3 is 5.97 Å². The van der Waals surface area contributed by atoms with Crippen LogP contribution in [0.25, 0.3) is 0 Å². The summed E-state index contributed by atoms with van der Waals surface area (Å²) in [6, 6.07) is 9.64. The summed E-state index contributed by atoms with van der Waals surface area (Å²) in [6.45, 7) is 4.25. The van der Waals surface area contributed by atoms with Gasteiger partial charge < -0.3 is 10.1 Å². The monoisotopic (exact) mass is 263 g/mol. The van der Waals surface area contributed by atoms with E-state index in [1.807, 2.05) is 44.2 Å². The molecule has 4 nitrogen and oxygen atoms in total. The van der Waals surface area contributed by atoms with E-state index in [4.69, 9.17) is 0 Å². The molecular weight excluding hydrogens is 242 g/mol. The second-order valence-corrected chi connectivity index (χ2v) is 4.93. The van der Waals surface area contributed by atoms with E-state index >= 15 is 0 Å². The molecule has 0 aromatic heterocycles. The quantitative estimate of drug-likeness (QED) is 0.631. The number of carbonyl (C=O) groups excluding carboxylic acids is 2. The van der Waals surface area contributed by atoms with E-state index in [1.54, 1.807) is 0 Å². The van der Waals surface area contributed by atoms with Crippen molar-refractivity contribution in [2.24, 2.45) is 0 Å². The summed E-state index contributed by atoms with van der Waals surface area (Å²) in [5.74, 6) is -0.292. The number of hydrogen-bond acceptors (Lipinski definition) is 3. The van der Waals surface area contributed by atoms with E-state index in [0.29, 0.717) is 19.4 Å². The molecule has 4 heteroatoms. The Morgan fingerprint density at radius 3 is 2.42 bits per heavy atom. The average molecular weight is 263 g/mol. The predicted molar refractivity (Wildman–Crippen MR) is 73.7 cm³/mol. The van der Waals surface area contributed by atoms with Crippen molar-refractivity contribution >= 4 is 11.9 Å². The van der Waals surface area contributed by atoms with Crippen molar-refractivity contribution in [1.29, 1.82) is 0 Å². The lowest BCUT2D eigenvalue weighted by Crippen LogP contribution is -2.40. The maximum absolute atomic E-state index is 12.2. The molecule has 19 heavy (non-hydrogen) atoms. The van der Waals surface area contributed by atoms with Crippen LogP contribution in [0, 0.1) is 0 Å². The molecule has 0 saturated heterocycles. The molecule has 1 N–H and O–H groups in total. The van der Waals surface area contributed by atoms with E-state index in [2.05, 4.69) is 10.1 Å². The molecule has 0 fully saturated rings. The Hall–Kier alpha value is -1.84. The molecule has 0 spiro atoms. The largest absolute Gasteiger partial charge is 0.469 e. The standard InChI is InChI=1S/C15H21NO3/c1-15(2,12-8-5-4-6-9-12)14(18)16-11-7-10-13(17)19-3/h4-6,8-9H,7,10-11H2,1-3H3,(H,16,18). The molecule has 0 saturated carbocycles. The number of hydrogen-bond donors (Lipinski definition) is 1. The van der Waals surface area contributed by atoms with Crippen molar-refractivity contribution in [1.82, 2.24) is 5.32 Å². The molecule has 0 unspecified atom stereocenters. The highest BCUT2D eigenvalue weighted by Gasteiger charge is 2.28. The van der Waals surface area contributed by atoms with Gasteiger partial charge in [0.25, 0.3) is 0 Å². The van der Waals surface area contributed by atoms with E-state index in [9.17, 15) is 9.59 Å². The Labute approximate surface area is 114 Å². The third-order valence-corrected chi connectivity index (χ3v) is 3.13. The van der Waals surface area contributed by atoms with Crippen molar-refractivity contribution in [2.45, 2.75) is 32.1 Å². The van der Waals surface area contributed by atoms with Gasteiger partial charge in [-0.2, -0.15) is 0 Å². The Bertz CT molecular complexity index is 426. The van der Waals surface area contributed by atoms with Gasteiger partial charge in [0, 0.05) is 13.0 Å². The topological polar surface area (TPSA) is 55.4 Å². The van der Waals surface area contributed by atoms with Gasteiger partial charge in [0.2, 0.25) is 5.91 Å². The van der Waals surface area contributed by atoms with Crippen LogP contribution in [0.4, 0.5) is 0 Å². The summed E-state index contributed by atoms with van der Waals surface area (Å²) >= 11 is 0. The van der Waals surface area contributed by atoms with Crippen LogP contribution in [-0.4, -0.2) is 25.5 Å². The summed E-state index contributed by atoms with van der Waals surface area (Å²) in [5, 5.41) is 2.85. The summed E-state index contributed by atoms with van der Waals surface area (Å²) in [5.41, 5.74) is 0.396. The van der Waals surface area contributed by atoms with Crippen molar-refractivity contribution in [3.05, 3.63) is 35.9 Å². The maximum atomic E-state index is 12.2. The molecule has 0 atom stereocenters. The third-order valence-electron chi connectivity index (χ3n) is 3.13. The van der Waals surface area contributed by atoms with Gasteiger partial charge in [-0.15, -0.1) is 0 Å². The first-order chi connectivity index (χ1) is 8.98. The minimum atomic E-state index is -0.577. The zero-order valence-electron chi connectivity index (χ0n) is 11.7. The number of ether oxygens (including phenoxy) is 1. The third kappa shape index (κ3) is 4.39. The predicted octanol–water partition coefficient (Wildman–Crippen LogP) is 2.03. The molecular formula is C15H21NO3. The molecule has 0 aliphatic carbocycles. The minimum absolute atomic E-state index is 0.0384. The summed E-state index contributed by atoms with van der Waals surface area (Å²) < 4.78 is 4.54. The van der Waals surface area contributed by atoms with Crippen LogP contribution in [0.1, 0.15) is 32.3 Å². The number of esters is 1. The fraction of sp³-hybridized carbons (Fsp3) is 0.467. The zero-order valence-corrected chi connectivity index (χ0v) is 11.7. The van der Waals surface area contributed by atoms with E-state index in [1.165, 1.54) is 7.11 Å². The van der Waals surface area contributed by atoms with Gasteiger partial charge in [-0.05, 0) is 25.8 Å². The second kappa shape index (κ2) is 6.92. The maximum Gasteiger partial charge on any atom is 0.305 e. The summed E-state index contributed by atoms with van der Waals surface area (Å²) in [7, 11) is 1.36. The number of nitrogens with one attached hydrogen (secondary N) is 1. The lowest BCUT2D eigenvalue weighted by Gasteiger charge is -2.24. The van der Waals surface area contributed by atoms with Gasteiger partial charge in [0.15, 0.2) is 0 Å². The Kier molecular flexibility index (Phi) is 5.55. The van der Waals surface area contributed by atoms with Crippen molar-refractivity contribution in [3.63, 3.8) is 0 Å². The Morgan fingerprint density at radius 1 is 1.21 bits per heavy atom. The van der Waals surface area contributed by atoms with E-state index < -0.39 is 5.41 Å². The van der Waals surface area contributed by atoms with Gasteiger partial charge in [-0.25, -0.2) is 0 Å². The first-order valence-electron chi connectivity index (χ1n) is 6.39. The smallest absolute Gasteiger partial charge is 0.305 e. The van der Waals surface area contributed by atoms with Gasteiger partial charge in [0.05, 0.1) is 12.5 Å². The first kappa shape index (κ1) is 15.2. The number of amides is 1. The molecule has 1 aromatic rings. The molecule has 1 amide bonds. The molecule has 0 aliphatic heterocycles. The molecule has 0 bridgehead atoms. The van der Waals surface area contributed by atoms with Crippen LogP contribution in [0.3, 0.4) is 0 Å². The van der Waals surface area contributed by atoms with Gasteiger partial charge in [0.1, 0.15) is 0 Å². The highest BCUT2D eigenvalue weighted by Crippen LogP contribution is 2.22. The van der Waals surface area contributed by atoms with Gasteiger partial charge in [-0.1, -0.05) is 30.3 Å². The fourth-order valence-corrected chi connectivity index (χ4v) is 1.74. The molecule has 0 aliphatic rings. The Morgan fingerprint density at radius 2 is 1.84 bits per heavy atom. The number of methoxy groups -OCH3 is 1. The SMILES string of the molecule is COC(=O)CCCNC(=O)C(C)(C)c1ccccc1. The van der Waals surface area contributed by atoms with Crippen molar-refractivity contribution in [3.8, 4) is 0 Å². The molecule has 0 heterocycles. The minimum Gasteiger partial charge on any atom is -0.469 e. The number of carbonyl (C=O) groups is 2. The van der Waals surface area contributed by atoms with Crippen LogP contribution in [-0.2, 0) is 19.7 Å². The lowest BCUT2D eigenvalue weighted by atomic mass is 9.84. The van der Waals surface area contributed by atoms with Crippen LogP contribution in [0.15, 0.2) is 30.3 Å². The highest BCUT2D eigenvalue weighted by molar-refractivity contribution is 5.87. The van der Waals surface area contributed by atoms with Crippen LogP contribution in [0.2, 0.25) is 0 Å².